The highest BCUT2D eigenvalue weighted by Gasteiger charge is 2.74. The van der Waals surface area contributed by atoms with E-state index in [4.69, 9.17) is 4.98 Å². The van der Waals surface area contributed by atoms with E-state index < -0.39 is 0 Å². The molecule has 0 bridgehead atoms. The number of fused-ring (bicyclic) bond motifs is 7. The average molecular weight is 467 g/mol. The second-order valence-corrected chi connectivity index (χ2v) is 14.2. The highest BCUT2D eigenvalue weighted by Crippen LogP contribution is 2.67. The molecule has 1 aliphatic heterocycles. The highest BCUT2D eigenvalue weighted by atomic mass is 15.3. The van der Waals surface area contributed by atoms with Gasteiger partial charge in [-0.3, -0.25) is 0 Å². The van der Waals surface area contributed by atoms with Crippen LogP contribution in [0.4, 0.5) is 0 Å². The molecule has 3 heterocycles. The number of hydrogen-bond acceptors (Lipinski definition) is 1. The first-order valence-electron chi connectivity index (χ1n) is 13.7. The van der Waals surface area contributed by atoms with E-state index >= 15 is 0 Å². The van der Waals surface area contributed by atoms with Crippen LogP contribution in [0.15, 0.2) is 30.3 Å². The van der Waals surface area contributed by atoms with Crippen LogP contribution in [0.3, 0.4) is 0 Å². The lowest BCUT2D eigenvalue weighted by molar-refractivity contribution is -0.697. The van der Waals surface area contributed by atoms with Crippen molar-refractivity contribution >= 4 is 27.6 Å². The van der Waals surface area contributed by atoms with Crippen molar-refractivity contribution in [1.29, 1.82) is 0 Å². The minimum absolute atomic E-state index is 0.0655. The van der Waals surface area contributed by atoms with Crippen molar-refractivity contribution in [1.82, 2.24) is 9.38 Å². The summed E-state index contributed by atoms with van der Waals surface area (Å²) < 4.78 is 5.37. The van der Waals surface area contributed by atoms with Crippen LogP contribution in [0, 0.1) is 0 Å². The Morgan fingerprint density at radius 3 is 2.23 bits per heavy atom. The smallest absolute Gasteiger partial charge is 0.216 e. The van der Waals surface area contributed by atoms with Gasteiger partial charge >= 0.3 is 0 Å². The number of imidazole rings is 1. The summed E-state index contributed by atoms with van der Waals surface area (Å²) in [6.45, 7) is 21.5. The van der Waals surface area contributed by atoms with E-state index in [0.717, 1.165) is 11.9 Å². The highest BCUT2D eigenvalue weighted by molar-refractivity contribution is 5.99. The third kappa shape index (κ3) is 2.26. The monoisotopic (exact) mass is 466 g/mol. The van der Waals surface area contributed by atoms with Crippen LogP contribution in [0.1, 0.15) is 111 Å². The lowest BCUT2D eigenvalue weighted by atomic mass is 9.81. The van der Waals surface area contributed by atoms with Crippen molar-refractivity contribution in [2.24, 2.45) is 0 Å². The summed E-state index contributed by atoms with van der Waals surface area (Å²) >= 11 is 0. The molecule has 1 fully saturated rings. The van der Waals surface area contributed by atoms with E-state index in [1.807, 2.05) is 0 Å². The molecule has 2 aromatic heterocycles. The van der Waals surface area contributed by atoms with Gasteiger partial charge in [0.15, 0.2) is 11.0 Å². The second-order valence-electron chi connectivity index (χ2n) is 14.2. The van der Waals surface area contributed by atoms with Crippen LogP contribution >= 0.6 is 0 Å². The van der Waals surface area contributed by atoms with Gasteiger partial charge in [0.05, 0.1) is 10.9 Å². The standard InChI is InChI=1S/C32H40N3/c1-10-31-18-32(31,11-2)35-24-16-21-20(29(6,7)17-30(21,8)9)15-23(24)34-26(35)25-19(31)13-12-14-22(25)33-27(34)28(3,4)5/h12-16H,10-11,17-18H2,1-9H3/q+1. The SMILES string of the molecule is CCC12CC1(CC)[n+]1c3cc4c(cc3n3c(C(C)(C)C)nc5cccc2c5c31)C(C)(C)CC4(C)C. The molecule has 2 aliphatic carbocycles. The number of rotatable bonds is 2. The van der Waals surface area contributed by atoms with Crippen molar-refractivity contribution in [2.45, 2.75) is 115 Å². The molecule has 4 aromatic rings. The van der Waals surface area contributed by atoms with E-state index in [2.05, 4.69) is 102 Å². The third-order valence-corrected chi connectivity index (χ3v) is 10.2. The summed E-state index contributed by atoms with van der Waals surface area (Å²) in [5.74, 6) is 1.17. The topological polar surface area (TPSA) is 21.2 Å². The Labute approximate surface area is 209 Å². The Morgan fingerprint density at radius 2 is 1.60 bits per heavy atom. The zero-order valence-corrected chi connectivity index (χ0v) is 23.1. The van der Waals surface area contributed by atoms with Gasteiger partial charge < -0.3 is 0 Å². The zero-order valence-electron chi connectivity index (χ0n) is 23.1. The van der Waals surface area contributed by atoms with E-state index in [-0.39, 0.29) is 27.2 Å². The summed E-state index contributed by atoms with van der Waals surface area (Å²) in [6.07, 6.45) is 4.77. The van der Waals surface area contributed by atoms with E-state index in [1.165, 1.54) is 58.3 Å². The molecule has 0 spiro atoms. The van der Waals surface area contributed by atoms with Crippen molar-refractivity contribution < 1.29 is 4.57 Å². The molecule has 0 amide bonds. The molecule has 0 N–H and O–H groups in total. The molecule has 7 rings (SSSR count). The van der Waals surface area contributed by atoms with Gasteiger partial charge in [-0.05, 0) is 65.0 Å². The number of aromatic nitrogens is 3. The van der Waals surface area contributed by atoms with Crippen molar-refractivity contribution in [3.63, 3.8) is 0 Å². The maximum atomic E-state index is 5.41. The fourth-order valence-electron chi connectivity index (χ4n) is 8.84. The molecule has 182 valence electrons. The molecule has 1 saturated carbocycles. The predicted octanol–water partition coefficient (Wildman–Crippen LogP) is 7.36. The van der Waals surface area contributed by atoms with Gasteiger partial charge in [-0.25, -0.2) is 9.55 Å². The largest absolute Gasteiger partial charge is 0.299 e. The van der Waals surface area contributed by atoms with Gasteiger partial charge in [0.2, 0.25) is 5.82 Å². The minimum atomic E-state index is -0.0655. The predicted molar refractivity (Wildman–Crippen MR) is 145 cm³/mol. The Hall–Kier alpha value is -2.42. The summed E-state index contributed by atoms with van der Waals surface area (Å²) in [4.78, 5) is 5.41. The first-order valence-corrected chi connectivity index (χ1v) is 13.7. The molecule has 2 atom stereocenters. The molecule has 3 aliphatic rings. The van der Waals surface area contributed by atoms with E-state index in [1.54, 1.807) is 5.56 Å². The molecular formula is C32H40N3+. The molecule has 2 aromatic carbocycles. The molecule has 2 unspecified atom stereocenters. The van der Waals surface area contributed by atoms with Crippen LogP contribution in [0.2, 0.25) is 0 Å². The van der Waals surface area contributed by atoms with Gasteiger partial charge in [0.25, 0.3) is 5.65 Å². The van der Waals surface area contributed by atoms with E-state index in [0.29, 0.717) is 0 Å². The van der Waals surface area contributed by atoms with Crippen molar-refractivity contribution in [2.75, 3.05) is 0 Å². The summed E-state index contributed by atoms with van der Waals surface area (Å²) in [5.41, 5.74) is 10.6. The lowest BCUT2D eigenvalue weighted by Gasteiger charge is -2.28. The lowest BCUT2D eigenvalue weighted by Crippen LogP contribution is -2.53. The van der Waals surface area contributed by atoms with Crippen LogP contribution in [0.25, 0.3) is 27.6 Å². The fourth-order valence-corrected chi connectivity index (χ4v) is 8.84. The Kier molecular flexibility index (Phi) is 3.70. The molecule has 0 saturated heterocycles. The minimum Gasteiger partial charge on any atom is -0.216 e. The quantitative estimate of drug-likeness (QED) is 0.283. The maximum Gasteiger partial charge on any atom is 0.299 e. The van der Waals surface area contributed by atoms with Gasteiger partial charge in [-0.1, -0.05) is 74.4 Å². The number of nitrogens with zero attached hydrogens (tertiary/aromatic N) is 3. The van der Waals surface area contributed by atoms with Gasteiger partial charge in [-0.2, -0.15) is 4.40 Å². The van der Waals surface area contributed by atoms with Crippen molar-refractivity contribution in [3.8, 4) is 0 Å². The van der Waals surface area contributed by atoms with Crippen LogP contribution < -0.4 is 4.57 Å². The summed E-state index contributed by atoms with van der Waals surface area (Å²) in [6, 6.07) is 12.1. The second kappa shape index (κ2) is 5.93. The normalized spacial score (nSPS) is 27.7. The number of hydrogen-bond donors (Lipinski definition) is 0. The van der Waals surface area contributed by atoms with Gasteiger partial charge in [0, 0.05) is 17.3 Å². The first-order chi connectivity index (χ1) is 16.3. The summed E-state index contributed by atoms with van der Waals surface area (Å²) in [7, 11) is 0. The Balaban J connectivity index is 1.79. The average Bonchev–Trinajstić information content (AvgIpc) is 3.30. The van der Waals surface area contributed by atoms with Crippen LogP contribution in [-0.2, 0) is 27.2 Å². The fraction of sp³-hybridized carbons (Fsp3) is 0.562. The molecule has 35 heavy (non-hydrogen) atoms. The molecular weight excluding hydrogens is 426 g/mol. The van der Waals surface area contributed by atoms with Crippen LogP contribution in [-0.4, -0.2) is 9.38 Å². The first kappa shape index (κ1) is 21.8. The molecule has 3 heteroatoms. The Bertz CT molecular complexity index is 1610. The zero-order chi connectivity index (χ0) is 24.9. The maximum absolute atomic E-state index is 5.41. The molecule has 3 nitrogen and oxygen atoms in total. The van der Waals surface area contributed by atoms with Crippen molar-refractivity contribution in [3.05, 3.63) is 52.8 Å². The molecule has 0 radical (unpaired) electrons. The van der Waals surface area contributed by atoms with Crippen LogP contribution in [0.5, 0.6) is 0 Å². The third-order valence-electron chi connectivity index (χ3n) is 10.2. The van der Waals surface area contributed by atoms with Gasteiger partial charge in [0.1, 0.15) is 5.54 Å². The summed E-state index contributed by atoms with van der Waals surface area (Å²) in [5, 5.41) is 1.39. The van der Waals surface area contributed by atoms with E-state index in [9.17, 15) is 0 Å². The van der Waals surface area contributed by atoms with Gasteiger partial charge in [-0.15, -0.1) is 0 Å². The number of benzene rings is 2. The Morgan fingerprint density at radius 1 is 0.914 bits per heavy atom.